The van der Waals surface area contributed by atoms with E-state index in [0.29, 0.717) is 47.9 Å². The monoisotopic (exact) mass is 452 g/mol. The van der Waals surface area contributed by atoms with E-state index in [1.165, 1.54) is 18.4 Å². The van der Waals surface area contributed by atoms with E-state index in [1.807, 2.05) is 6.07 Å². The number of aromatic nitrogens is 3. The van der Waals surface area contributed by atoms with Gasteiger partial charge in [-0.15, -0.1) is 0 Å². The molecule has 168 valence electrons. The Balaban J connectivity index is 1.28. The standard InChI is InChI=1S/C24H19F3N4O2/c25-24(26,27)17-6-4-16(5-7-17)19-8-3-15(12-28-19)13-31-10-9-20-18(14-31)23(32)30-22(29-20)21-2-1-11-33-21/h1-8,11-12H,9-10,13-14H2,(H,29,30,32). The second-order valence-corrected chi connectivity index (χ2v) is 7.90. The average Bonchev–Trinajstić information content (AvgIpc) is 3.35. The molecule has 0 bridgehead atoms. The highest BCUT2D eigenvalue weighted by molar-refractivity contribution is 5.59. The molecule has 4 aromatic rings. The van der Waals surface area contributed by atoms with Crippen molar-refractivity contribution in [1.82, 2.24) is 19.9 Å². The van der Waals surface area contributed by atoms with E-state index in [-0.39, 0.29) is 5.56 Å². The van der Waals surface area contributed by atoms with Crippen molar-refractivity contribution in [2.45, 2.75) is 25.7 Å². The van der Waals surface area contributed by atoms with Crippen LogP contribution in [0.2, 0.25) is 0 Å². The van der Waals surface area contributed by atoms with Crippen molar-refractivity contribution in [2.75, 3.05) is 6.54 Å². The van der Waals surface area contributed by atoms with Gasteiger partial charge in [-0.1, -0.05) is 18.2 Å². The summed E-state index contributed by atoms with van der Waals surface area (Å²) in [7, 11) is 0. The topological polar surface area (TPSA) is 75.0 Å². The lowest BCUT2D eigenvalue weighted by atomic mass is 10.1. The highest BCUT2D eigenvalue weighted by Crippen LogP contribution is 2.30. The number of fused-ring (bicyclic) bond motifs is 1. The van der Waals surface area contributed by atoms with Gasteiger partial charge in [-0.3, -0.25) is 14.7 Å². The number of furan rings is 1. The first-order valence-corrected chi connectivity index (χ1v) is 10.4. The third-order valence-electron chi connectivity index (χ3n) is 5.64. The Kier molecular flexibility index (Phi) is 5.33. The fraction of sp³-hybridized carbons (Fsp3) is 0.208. The quantitative estimate of drug-likeness (QED) is 0.487. The minimum atomic E-state index is -4.36. The molecule has 0 amide bonds. The van der Waals surface area contributed by atoms with Gasteiger partial charge in [0.25, 0.3) is 5.56 Å². The molecule has 6 nitrogen and oxygen atoms in total. The molecule has 0 fully saturated rings. The number of alkyl halides is 3. The summed E-state index contributed by atoms with van der Waals surface area (Å²) in [5.41, 5.74) is 2.73. The molecule has 0 atom stereocenters. The molecular weight excluding hydrogens is 433 g/mol. The molecule has 9 heteroatoms. The lowest BCUT2D eigenvalue weighted by molar-refractivity contribution is -0.137. The number of pyridine rings is 1. The third kappa shape index (κ3) is 4.45. The summed E-state index contributed by atoms with van der Waals surface area (Å²) < 4.78 is 43.6. The van der Waals surface area contributed by atoms with Crippen molar-refractivity contribution in [1.29, 1.82) is 0 Å². The molecule has 1 aliphatic rings. The van der Waals surface area contributed by atoms with Gasteiger partial charge in [0.15, 0.2) is 11.6 Å². The summed E-state index contributed by atoms with van der Waals surface area (Å²) in [5, 5.41) is 0. The molecule has 4 heterocycles. The van der Waals surface area contributed by atoms with Crippen LogP contribution in [0, 0.1) is 0 Å². The number of rotatable bonds is 4. The van der Waals surface area contributed by atoms with E-state index in [4.69, 9.17) is 4.42 Å². The summed E-state index contributed by atoms with van der Waals surface area (Å²) in [6.45, 7) is 1.80. The van der Waals surface area contributed by atoms with Crippen LogP contribution in [-0.2, 0) is 25.7 Å². The Morgan fingerprint density at radius 1 is 1.09 bits per heavy atom. The fourth-order valence-corrected chi connectivity index (χ4v) is 3.92. The number of H-pyrrole nitrogens is 1. The maximum atomic E-state index is 12.7. The van der Waals surface area contributed by atoms with Crippen molar-refractivity contribution in [2.24, 2.45) is 0 Å². The maximum Gasteiger partial charge on any atom is 0.416 e. The predicted molar refractivity (Wildman–Crippen MR) is 115 cm³/mol. The van der Waals surface area contributed by atoms with E-state index in [0.717, 1.165) is 29.9 Å². The number of aromatic amines is 1. The number of benzene rings is 1. The molecule has 5 rings (SSSR count). The second-order valence-electron chi connectivity index (χ2n) is 7.90. The Hall–Kier alpha value is -3.72. The lowest BCUT2D eigenvalue weighted by Crippen LogP contribution is -2.35. The van der Waals surface area contributed by atoms with Gasteiger partial charge in [-0.2, -0.15) is 13.2 Å². The molecule has 0 radical (unpaired) electrons. The lowest BCUT2D eigenvalue weighted by Gasteiger charge is -2.27. The zero-order valence-corrected chi connectivity index (χ0v) is 17.4. The molecule has 3 aromatic heterocycles. The Labute approximate surface area is 186 Å². The highest BCUT2D eigenvalue weighted by atomic mass is 19.4. The Morgan fingerprint density at radius 2 is 1.91 bits per heavy atom. The van der Waals surface area contributed by atoms with E-state index in [2.05, 4.69) is 19.9 Å². The second kappa shape index (κ2) is 8.32. The SMILES string of the molecule is O=c1[nH]c(-c2ccco2)nc2c1CN(Cc1ccc(-c3ccc(C(F)(F)F)cc3)nc1)CC2. The van der Waals surface area contributed by atoms with Crippen molar-refractivity contribution in [3.05, 3.63) is 93.7 Å². The third-order valence-corrected chi connectivity index (χ3v) is 5.64. The smallest absolute Gasteiger partial charge is 0.416 e. The number of halogens is 3. The average molecular weight is 452 g/mol. The van der Waals surface area contributed by atoms with Crippen molar-refractivity contribution >= 4 is 0 Å². The van der Waals surface area contributed by atoms with Crippen LogP contribution in [0.25, 0.3) is 22.8 Å². The van der Waals surface area contributed by atoms with Crippen LogP contribution in [-0.4, -0.2) is 26.4 Å². The first-order chi connectivity index (χ1) is 15.9. The number of nitrogens with zero attached hydrogens (tertiary/aromatic N) is 3. The molecule has 0 saturated heterocycles. The van der Waals surface area contributed by atoms with E-state index < -0.39 is 11.7 Å². The molecule has 0 saturated carbocycles. The zero-order chi connectivity index (χ0) is 23.0. The first kappa shape index (κ1) is 21.1. The van der Waals surface area contributed by atoms with Gasteiger partial charge in [0.1, 0.15) is 0 Å². The van der Waals surface area contributed by atoms with Gasteiger partial charge >= 0.3 is 6.18 Å². The van der Waals surface area contributed by atoms with Crippen LogP contribution in [0.1, 0.15) is 22.4 Å². The van der Waals surface area contributed by atoms with Crippen molar-refractivity contribution < 1.29 is 17.6 Å². The van der Waals surface area contributed by atoms with Crippen molar-refractivity contribution in [3.63, 3.8) is 0 Å². The largest absolute Gasteiger partial charge is 0.461 e. The van der Waals surface area contributed by atoms with E-state index in [1.54, 1.807) is 24.4 Å². The van der Waals surface area contributed by atoms with Crippen molar-refractivity contribution in [3.8, 4) is 22.8 Å². The minimum absolute atomic E-state index is 0.174. The molecule has 0 aliphatic carbocycles. The van der Waals surface area contributed by atoms with Crippen LogP contribution in [0.15, 0.2) is 70.2 Å². The molecule has 0 spiro atoms. The zero-order valence-electron chi connectivity index (χ0n) is 17.4. The molecule has 1 aromatic carbocycles. The van der Waals surface area contributed by atoms with Gasteiger partial charge in [0.2, 0.25) is 0 Å². The molecule has 0 unspecified atom stereocenters. The van der Waals surface area contributed by atoms with Gasteiger partial charge in [-0.25, -0.2) is 4.98 Å². The predicted octanol–water partition coefficient (Wildman–Crippen LogP) is 4.67. The summed E-state index contributed by atoms with van der Waals surface area (Å²) >= 11 is 0. The number of hydrogen-bond acceptors (Lipinski definition) is 5. The Bertz CT molecular complexity index is 1310. The van der Waals surface area contributed by atoms with Gasteiger partial charge in [0, 0.05) is 37.8 Å². The van der Waals surface area contributed by atoms with Crippen LogP contribution in [0.5, 0.6) is 0 Å². The molecule has 1 N–H and O–H groups in total. The Morgan fingerprint density at radius 3 is 2.58 bits per heavy atom. The molecular formula is C24H19F3N4O2. The summed E-state index contributed by atoms with van der Waals surface area (Å²) in [4.78, 5) is 26.5. The summed E-state index contributed by atoms with van der Waals surface area (Å²) in [6.07, 6.45) is -0.469. The van der Waals surface area contributed by atoms with Gasteiger partial charge in [-0.05, 0) is 35.9 Å². The highest BCUT2D eigenvalue weighted by Gasteiger charge is 2.30. The van der Waals surface area contributed by atoms with Crippen LogP contribution < -0.4 is 5.56 Å². The molecule has 1 aliphatic heterocycles. The van der Waals surface area contributed by atoms with Gasteiger partial charge < -0.3 is 9.40 Å². The maximum absolute atomic E-state index is 12.7. The van der Waals surface area contributed by atoms with Gasteiger partial charge in [0.05, 0.1) is 28.8 Å². The molecule has 33 heavy (non-hydrogen) atoms. The van der Waals surface area contributed by atoms with E-state index >= 15 is 0 Å². The van der Waals surface area contributed by atoms with E-state index in [9.17, 15) is 18.0 Å². The summed E-state index contributed by atoms with van der Waals surface area (Å²) in [5.74, 6) is 0.955. The van der Waals surface area contributed by atoms with Crippen LogP contribution in [0.4, 0.5) is 13.2 Å². The van der Waals surface area contributed by atoms with Crippen LogP contribution in [0.3, 0.4) is 0 Å². The van der Waals surface area contributed by atoms with Crippen LogP contribution >= 0.6 is 0 Å². The minimum Gasteiger partial charge on any atom is -0.461 e. The normalized spacial score (nSPS) is 14.3. The number of nitrogens with one attached hydrogen (secondary N) is 1. The fourth-order valence-electron chi connectivity index (χ4n) is 3.92. The number of hydrogen-bond donors (Lipinski definition) is 1. The summed E-state index contributed by atoms with van der Waals surface area (Å²) in [6, 6.07) is 12.1. The first-order valence-electron chi connectivity index (χ1n) is 10.4.